The summed E-state index contributed by atoms with van der Waals surface area (Å²) in [5.74, 6) is 2.34. The Kier molecular flexibility index (Phi) is 3.63. The van der Waals surface area contributed by atoms with Gasteiger partial charge in [0.15, 0.2) is 0 Å². The predicted molar refractivity (Wildman–Crippen MR) is 75.3 cm³/mol. The Labute approximate surface area is 115 Å². The van der Waals surface area contributed by atoms with Crippen LogP contribution in [0.1, 0.15) is 33.0 Å². The van der Waals surface area contributed by atoms with Crippen LogP contribution in [0.3, 0.4) is 0 Å². The van der Waals surface area contributed by atoms with Gasteiger partial charge in [-0.25, -0.2) is 0 Å². The maximum absolute atomic E-state index is 12.5. The highest BCUT2D eigenvalue weighted by Gasteiger charge is 2.30. The molecule has 1 saturated heterocycles. The SMILES string of the molecule is O=C(c1cc2c(s1)CCSC2)N1CCC[C@H]1CO. The number of hydrogen-bond donors (Lipinski definition) is 1. The average molecular weight is 283 g/mol. The first-order valence-corrected chi connectivity index (χ1v) is 8.38. The summed E-state index contributed by atoms with van der Waals surface area (Å²) in [5, 5.41) is 9.30. The van der Waals surface area contributed by atoms with E-state index in [-0.39, 0.29) is 18.6 Å². The number of nitrogens with zero attached hydrogens (tertiary/aromatic N) is 1. The minimum Gasteiger partial charge on any atom is -0.394 e. The molecule has 0 aromatic carbocycles. The molecule has 2 aliphatic heterocycles. The number of amides is 1. The zero-order valence-electron chi connectivity index (χ0n) is 10.2. The van der Waals surface area contributed by atoms with E-state index in [0.29, 0.717) is 0 Å². The largest absolute Gasteiger partial charge is 0.394 e. The first-order valence-electron chi connectivity index (χ1n) is 6.40. The zero-order valence-corrected chi connectivity index (χ0v) is 11.9. The highest BCUT2D eigenvalue weighted by atomic mass is 32.2. The van der Waals surface area contributed by atoms with Crippen LogP contribution in [0.2, 0.25) is 0 Å². The number of fused-ring (bicyclic) bond motifs is 1. The number of aryl methyl sites for hydroxylation is 1. The number of carbonyl (C=O) groups is 1. The second-order valence-corrected chi connectivity index (χ2v) is 7.08. The topological polar surface area (TPSA) is 40.5 Å². The van der Waals surface area contributed by atoms with Crippen molar-refractivity contribution < 1.29 is 9.90 Å². The van der Waals surface area contributed by atoms with Crippen molar-refractivity contribution in [3.63, 3.8) is 0 Å². The van der Waals surface area contributed by atoms with Gasteiger partial charge in [0.05, 0.1) is 17.5 Å². The van der Waals surface area contributed by atoms with E-state index in [1.54, 1.807) is 11.3 Å². The summed E-state index contributed by atoms with van der Waals surface area (Å²) in [4.78, 5) is 16.6. The summed E-state index contributed by atoms with van der Waals surface area (Å²) >= 11 is 3.60. The molecule has 1 atom stereocenters. The van der Waals surface area contributed by atoms with Crippen molar-refractivity contribution in [1.29, 1.82) is 0 Å². The highest BCUT2D eigenvalue weighted by Crippen LogP contribution is 2.33. The molecule has 1 aromatic rings. The molecule has 0 spiro atoms. The smallest absolute Gasteiger partial charge is 0.264 e. The third kappa shape index (κ3) is 2.19. The fourth-order valence-corrected chi connectivity index (χ4v) is 5.02. The van der Waals surface area contributed by atoms with Gasteiger partial charge in [-0.3, -0.25) is 4.79 Å². The maximum Gasteiger partial charge on any atom is 0.264 e. The Balaban J connectivity index is 1.81. The first-order chi connectivity index (χ1) is 8.79. The average Bonchev–Trinajstić information content (AvgIpc) is 3.03. The lowest BCUT2D eigenvalue weighted by Crippen LogP contribution is -2.37. The van der Waals surface area contributed by atoms with Crippen molar-refractivity contribution in [2.24, 2.45) is 0 Å². The number of thioether (sulfide) groups is 1. The lowest BCUT2D eigenvalue weighted by atomic mass is 10.2. The summed E-state index contributed by atoms with van der Waals surface area (Å²) < 4.78 is 0. The van der Waals surface area contributed by atoms with E-state index in [9.17, 15) is 9.90 Å². The van der Waals surface area contributed by atoms with Gasteiger partial charge < -0.3 is 10.0 Å². The fourth-order valence-electron chi connectivity index (χ4n) is 2.69. The molecule has 1 N–H and O–H groups in total. The van der Waals surface area contributed by atoms with Crippen LogP contribution in [0.25, 0.3) is 0 Å². The van der Waals surface area contributed by atoms with Crippen LogP contribution in [0.5, 0.6) is 0 Å². The van der Waals surface area contributed by atoms with E-state index in [1.807, 2.05) is 16.7 Å². The molecule has 5 heteroatoms. The fraction of sp³-hybridized carbons (Fsp3) is 0.615. The monoisotopic (exact) mass is 283 g/mol. The van der Waals surface area contributed by atoms with Crippen LogP contribution in [0.15, 0.2) is 6.07 Å². The van der Waals surface area contributed by atoms with Gasteiger partial charge in [-0.15, -0.1) is 11.3 Å². The molecular weight excluding hydrogens is 266 g/mol. The number of likely N-dealkylation sites (tertiary alicyclic amines) is 1. The highest BCUT2D eigenvalue weighted by molar-refractivity contribution is 7.98. The minimum absolute atomic E-state index is 0.0333. The summed E-state index contributed by atoms with van der Waals surface area (Å²) in [6.45, 7) is 0.883. The molecule has 3 nitrogen and oxygen atoms in total. The van der Waals surface area contributed by atoms with Gasteiger partial charge >= 0.3 is 0 Å². The Morgan fingerprint density at radius 1 is 1.56 bits per heavy atom. The van der Waals surface area contributed by atoms with E-state index in [2.05, 4.69) is 6.07 Å². The van der Waals surface area contributed by atoms with Crippen molar-refractivity contribution in [2.45, 2.75) is 31.1 Å². The summed E-state index contributed by atoms with van der Waals surface area (Å²) in [6.07, 6.45) is 3.04. The number of hydrogen-bond acceptors (Lipinski definition) is 4. The molecule has 1 aromatic heterocycles. The Morgan fingerprint density at radius 2 is 2.44 bits per heavy atom. The van der Waals surface area contributed by atoms with Gasteiger partial charge in [0.25, 0.3) is 5.91 Å². The Bertz CT molecular complexity index is 434. The van der Waals surface area contributed by atoms with Crippen molar-refractivity contribution in [3.8, 4) is 0 Å². The first kappa shape index (κ1) is 12.5. The molecule has 0 radical (unpaired) electrons. The van der Waals surface area contributed by atoms with Crippen molar-refractivity contribution in [3.05, 3.63) is 21.4 Å². The van der Waals surface area contributed by atoms with Crippen LogP contribution >= 0.6 is 23.1 Å². The van der Waals surface area contributed by atoms with Crippen LogP contribution in [0.4, 0.5) is 0 Å². The molecule has 1 amide bonds. The molecule has 18 heavy (non-hydrogen) atoms. The van der Waals surface area contributed by atoms with Crippen molar-refractivity contribution in [2.75, 3.05) is 18.9 Å². The van der Waals surface area contributed by atoms with Gasteiger partial charge in [-0.1, -0.05) is 0 Å². The number of aliphatic hydroxyl groups is 1. The van der Waals surface area contributed by atoms with Crippen molar-refractivity contribution >= 4 is 29.0 Å². The quantitative estimate of drug-likeness (QED) is 0.904. The molecule has 98 valence electrons. The second-order valence-electron chi connectivity index (χ2n) is 4.84. The van der Waals surface area contributed by atoms with Crippen LogP contribution in [0, 0.1) is 0 Å². The van der Waals surface area contributed by atoms with Crippen molar-refractivity contribution in [1.82, 2.24) is 4.90 Å². The second kappa shape index (κ2) is 5.23. The minimum atomic E-state index is 0.0333. The van der Waals surface area contributed by atoms with Crippen LogP contribution in [-0.4, -0.2) is 40.9 Å². The number of rotatable bonds is 2. The van der Waals surface area contributed by atoms with Crippen LogP contribution in [-0.2, 0) is 12.2 Å². The molecule has 3 heterocycles. The van der Waals surface area contributed by atoms with E-state index in [0.717, 1.165) is 36.4 Å². The third-order valence-electron chi connectivity index (χ3n) is 3.69. The Hall–Kier alpha value is -0.520. The van der Waals surface area contributed by atoms with E-state index in [1.165, 1.54) is 16.2 Å². The predicted octanol–water partition coefficient (Wildman–Crippen LogP) is 2.13. The zero-order chi connectivity index (χ0) is 12.5. The molecule has 0 bridgehead atoms. The van der Waals surface area contributed by atoms with E-state index in [4.69, 9.17) is 0 Å². The molecule has 0 aliphatic carbocycles. The van der Waals surface area contributed by atoms with Gasteiger partial charge in [0.2, 0.25) is 0 Å². The van der Waals surface area contributed by atoms with Crippen LogP contribution < -0.4 is 0 Å². The summed E-state index contributed by atoms with van der Waals surface area (Å²) in [6, 6.07) is 2.10. The Morgan fingerprint density at radius 3 is 3.22 bits per heavy atom. The van der Waals surface area contributed by atoms with E-state index >= 15 is 0 Å². The number of carbonyl (C=O) groups excluding carboxylic acids is 1. The lowest BCUT2D eigenvalue weighted by molar-refractivity contribution is 0.0682. The molecule has 0 unspecified atom stereocenters. The summed E-state index contributed by atoms with van der Waals surface area (Å²) in [7, 11) is 0. The van der Waals surface area contributed by atoms with E-state index < -0.39 is 0 Å². The normalized spacial score (nSPS) is 23.2. The molecule has 2 aliphatic rings. The maximum atomic E-state index is 12.5. The molecule has 1 fully saturated rings. The standard InChI is InChI=1S/C13H17NO2S2/c15-7-10-2-1-4-14(10)13(16)12-6-9-8-17-5-3-11(9)18-12/h6,10,15H,1-5,7-8H2/t10-/m0/s1. The number of aliphatic hydroxyl groups excluding tert-OH is 1. The molecular formula is C13H17NO2S2. The number of thiophene rings is 1. The van der Waals surface area contributed by atoms with Gasteiger partial charge in [-0.05, 0) is 36.6 Å². The molecule has 3 rings (SSSR count). The van der Waals surface area contributed by atoms with Gasteiger partial charge in [0.1, 0.15) is 0 Å². The lowest BCUT2D eigenvalue weighted by Gasteiger charge is -2.22. The van der Waals surface area contributed by atoms with Gasteiger partial charge in [-0.2, -0.15) is 11.8 Å². The summed E-state index contributed by atoms with van der Waals surface area (Å²) in [5.41, 5.74) is 1.35. The third-order valence-corrected chi connectivity index (χ3v) is 5.92. The van der Waals surface area contributed by atoms with Gasteiger partial charge in [0, 0.05) is 17.2 Å². The molecule has 0 saturated carbocycles.